The van der Waals surface area contributed by atoms with Gasteiger partial charge in [0.25, 0.3) is 0 Å². The molecule has 3 aromatic carbocycles. The van der Waals surface area contributed by atoms with Crippen molar-refractivity contribution in [3.63, 3.8) is 0 Å². The number of ketones is 1. The van der Waals surface area contributed by atoms with Gasteiger partial charge in [-0.05, 0) is 73.8 Å². The molecule has 3 aromatic rings. The molecule has 4 rings (SSSR count). The van der Waals surface area contributed by atoms with Crippen LogP contribution in [0.3, 0.4) is 0 Å². The third-order valence-corrected chi connectivity index (χ3v) is 6.58. The number of nitrogens with one attached hydrogen (secondary N) is 3. The lowest BCUT2D eigenvalue weighted by Crippen LogP contribution is -2.45. The molecule has 1 fully saturated rings. The van der Waals surface area contributed by atoms with Crippen LogP contribution >= 0.6 is 0 Å². The van der Waals surface area contributed by atoms with Gasteiger partial charge >= 0.3 is 12.0 Å². The van der Waals surface area contributed by atoms with Crippen LogP contribution < -0.4 is 31.2 Å². The Labute approximate surface area is 226 Å². The number of benzene rings is 3. The van der Waals surface area contributed by atoms with Crippen LogP contribution in [0.1, 0.15) is 34.3 Å². The molecule has 0 radical (unpaired) electrons. The summed E-state index contributed by atoms with van der Waals surface area (Å²) in [6.07, 6.45) is 0.895. The molecule has 0 aliphatic carbocycles. The van der Waals surface area contributed by atoms with E-state index < -0.39 is 18.1 Å². The molecule has 0 saturated carbocycles. The average Bonchev–Trinajstić information content (AvgIpc) is 3.44. The number of aromatic carboxylic acids is 1. The molecule has 2 amide bonds. The Morgan fingerprint density at radius 3 is 2.49 bits per heavy atom. The Kier molecular flexibility index (Phi) is 8.67. The summed E-state index contributed by atoms with van der Waals surface area (Å²) in [6, 6.07) is 16.1. The quantitative estimate of drug-likeness (QED) is 0.243. The van der Waals surface area contributed by atoms with Crippen molar-refractivity contribution in [2.24, 2.45) is 0 Å². The number of aryl methyl sites for hydroxylation is 1. The predicted octanol–water partition coefficient (Wildman–Crippen LogP) is 4.24. The van der Waals surface area contributed by atoms with Gasteiger partial charge in [0.1, 0.15) is 11.5 Å². The van der Waals surface area contributed by atoms with Gasteiger partial charge in [-0.25, -0.2) is 9.59 Å². The molecule has 2 unspecified atom stereocenters. The molecule has 1 aliphatic heterocycles. The first-order valence-corrected chi connectivity index (χ1v) is 12.6. The molecule has 39 heavy (non-hydrogen) atoms. The minimum Gasteiger partial charge on any atom is -0.495 e. The first-order chi connectivity index (χ1) is 18.7. The van der Waals surface area contributed by atoms with E-state index in [1.165, 1.54) is 25.3 Å². The van der Waals surface area contributed by atoms with Crippen LogP contribution in [0.25, 0.3) is 0 Å². The van der Waals surface area contributed by atoms with Crippen molar-refractivity contribution in [3.05, 3.63) is 77.4 Å². The van der Waals surface area contributed by atoms with Crippen LogP contribution in [0.15, 0.2) is 60.7 Å². The number of urea groups is 1. The van der Waals surface area contributed by atoms with Gasteiger partial charge in [-0.1, -0.05) is 24.3 Å². The van der Waals surface area contributed by atoms with Crippen molar-refractivity contribution in [1.29, 1.82) is 0 Å². The number of methoxy groups -OCH3 is 1. The van der Waals surface area contributed by atoms with Crippen molar-refractivity contribution < 1.29 is 29.0 Å². The highest BCUT2D eigenvalue weighted by Gasteiger charge is 2.33. The number of nitrogen functional groups attached to an aromatic ring is 1. The van der Waals surface area contributed by atoms with Crippen LogP contribution in [0.4, 0.5) is 21.9 Å². The van der Waals surface area contributed by atoms with E-state index in [0.29, 0.717) is 22.7 Å². The number of amides is 2. The summed E-state index contributed by atoms with van der Waals surface area (Å²) in [7, 11) is 1.49. The number of ether oxygens (including phenoxy) is 2. The van der Waals surface area contributed by atoms with Gasteiger partial charge in [0.15, 0.2) is 11.9 Å². The molecule has 1 aliphatic rings. The van der Waals surface area contributed by atoms with Gasteiger partial charge < -0.3 is 36.3 Å². The van der Waals surface area contributed by atoms with Crippen molar-refractivity contribution in [1.82, 2.24) is 5.32 Å². The molecule has 204 valence electrons. The lowest BCUT2D eigenvalue weighted by Gasteiger charge is -2.25. The summed E-state index contributed by atoms with van der Waals surface area (Å²) in [4.78, 5) is 37.3. The fourth-order valence-corrected chi connectivity index (χ4v) is 4.51. The normalized spacial score (nSPS) is 15.3. The Hall–Kier alpha value is -4.57. The molecule has 0 spiro atoms. The van der Waals surface area contributed by atoms with E-state index in [2.05, 4.69) is 16.0 Å². The summed E-state index contributed by atoms with van der Waals surface area (Å²) in [6.45, 7) is 2.67. The van der Waals surface area contributed by atoms with Gasteiger partial charge in [0, 0.05) is 12.1 Å². The minimum absolute atomic E-state index is 0.0371. The summed E-state index contributed by atoms with van der Waals surface area (Å²) < 4.78 is 11.6. The second-order valence-electron chi connectivity index (χ2n) is 9.37. The van der Waals surface area contributed by atoms with Crippen LogP contribution in [-0.2, 0) is 11.2 Å². The van der Waals surface area contributed by atoms with E-state index in [4.69, 9.17) is 15.2 Å². The van der Waals surface area contributed by atoms with Crippen LogP contribution in [0, 0.1) is 6.92 Å². The largest absolute Gasteiger partial charge is 0.495 e. The van der Waals surface area contributed by atoms with Gasteiger partial charge in [-0.3, -0.25) is 4.79 Å². The van der Waals surface area contributed by atoms with Crippen LogP contribution in [-0.4, -0.2) is 48.7 Å². The second kappa shape index (κ2) is 12.3. The van der Waals surface area contributed by atoms with E-state index in [9.17, 15) is 19.5 Å². The Morgan fingerprint density at radius 1 is 1.05 bits per heavy atom. The average molecular weight is 533 g/mol. The van der Waals surface area contributed by atoms with Gasteiger partial charge in [0.2, 0.25) is 0 Å². The number of carboxylic acids is 1. The number of para-hydroxylation sites is 1. The summed E-state index contributed by atoms with van der Waals surface area (Å²) in [5.74, 6) is -0.608. The second-order valence-corrected chi connectivity index (χ2v) is 9.37. The molecule has 10 heteroatoms. The molecule has 2 atom stereocenters. The molecular weight excluding hydrogens is 500 g/mol. The smallest absolute Gasteiger partial charge is 0.335 e. The lowest BCUT2D eigenvalue weighted by molar-refractivity contribution is -0.126. The highest BCUT2D eigenvalue weighted by Crippen LogP contribution is 2.29. The molecule has 6 N–H and O–H groups in total. The third kappa shape index (κ3) is 6.85. The zero-order valence-corrected chi connectivity index (χ0v) is 21.8. The number of rotatable bonds is 10. The first kappa shape index (κ1) is 27.5. The van der Waals surface area contributed by atoms with Gasteiger partial charge in [-0.2, -0.15) is 0 Å². The maximum Gasteiger partial charge on any atom is 0.335 e. The number of Topliss-reactive ketones (excluding diaryl/α,β-unsaturated/α-hetero) is 1. The first-order valence-electron chi connectivity index (χ1n) is 12.6. The minimum atomic E-state index is -1.10. The number of anilines is 3. The van der Waals surface area contributed by atoms with E-state index in [0.717, 1.165) is 24.9 Å². The Bertz CT molecular complexity index is 1370. The number of hydrogen-bond donors (Lipinski definition) is 5. The Morgan fingerprint density at radius 2 is 1.82 bits per heavy atom. The van der Waals surface area contributed by atoms with E-state index in [-0.39, 0.29) is 35.2 Å². The fourth-order valence-electron chi connectivity index (χ4n) is 4.51. The number of nitrogens with two attached hydrogens (primary N) is 1. The van der Waals surface area contributed by atoms with Crippen molar-refractivity contribution in [2.45, 2.75) is 38.3 Å². The molecule has 1 saturated heterocycles. The van der Waals surface area contributed by atoms with Crippen LogP contribution in [0.5, 0.6) is 11.5 Å². The third-order valence-electron chi connectivity index (χ3n) is 6.58. The van der Waals surface area contributed by atoms with Crippen molar-refractivity contribution in [3.8, 4) is 11.5 Å². The lowest BCUT2D eigenvalue weighted by atomic mass is 9.98. The van der Waals surface area contributed by atoms with E-state index in [1.807, 2.05) is 31.2 Å². The zero-order valence-electron chi connectivity index (χ0n) is 21.8. The number of carboxylic acid groups (broad SMARTS) is 1. The molecule has 1 heterocycles. The topological polar surface area (TPSA) is 152 Å². The van der Waals surface area contributed by atoms with E-state index >= 15 is 0 Å². The van der Waals surface area contributed by atoms with E-state index in [1.54, 1.807) is 18.2 Å². The van der Waals surface area contributed by atoms with Crippen molar-refractivity contribution in [2.75, 3.05) is 30.0 Å². The summed E-state index contributed by atoms with van der Waals surface area (Å²) >= 11 is 0. The molecule has 10 nitrogen and oxygen atoms in total. The SMILES string of the molecule is COc1cc(CC(=O)C(Oc2ccc(C(=O)O)cc2N)C2CCCN2)ccc1NC(=O)Nc1ccccc1C. The molecule has 0 bridgehead atoms. The molecular formula is C29H32N4O6. The monoisotopic (exact) mass is 532 g/mol. The summed E-state index contributed by atoms with van der Waals surface area (Å²) in [5, 5.41) is 18.1. The van der Waals surface area contributed by atoms with Gasteiger partial charge in [-0.15, -0.1) is 0 Å². The number of carbonyl (C=O) groups excluding carboxylic acids is 2. The highest BCUT2D eigenvalue weighted by atomic mass is 16.5. The zero-order chi connectivity index (χ0) is 27.9. The number of carbonyl (C=O) groups is 3. The maximum absolute atomic E-state index is 13.5. The van der Waals surface area contributed by atoms with Crippen LogP contribution in [0.2, 0.25) is 0 Å². The Balaban J connectivity index is 1.48. The van der Waals surface area contributed by atoms with Crippen molar-refractivity contribution >= 4 is 34.8 Å². The number of hydrogen-bond acceptors (Lipinski definition) is 7. The summed E-state index contributed by atoms with van der Waals surface area (Å²) in [5.41, 5.74) is 8.98. The molecule has 0 aromatic heterocycles. The predicted molar refractivity (Wildman–Crippen MR) is 149 cm³/mol. The highest BCUT2D eigenvalue weighted by molar-refractivity contribution is 6.01. The van der Waals surface area contributed by atoms with Gasteiger partial charge in [0.05, 0.1) is 30.1 Å². The standard InChI is InChI=1S/C29H32N4O6/c1-17-6-3-4-7-21(17)32-29(37)33-22-11-9-18(15-26(22)38-2)14-24(34)27(23-8-5-13-31-23)39-25-12-10-19(28(35)36)16-20(25)30/h3-4,6-7,9-12,15-16,23,27,31H,5,8,13-14,30H2,1-2H3,(H,35,36)(H2,32,33,37). The fraction of sp³-hybridized carbons (Fsp3) is 0.276. The maximum atomic E-state index is 13.5.